The summed E-state index contributed by atoms with van der Waals surface area (Å²) in [7, 11) is 0. The fourth-order valence-corrected chi connectivity index (χ4v) is 3.45. The van der Waals surface area contributed by atoms with Gasteiger partial charge in [0.05, 0.1) is 6.04 Å². The van der Waals surface area contributed by atoms with Gasteiger partial charge in [0.15, 0.2) is 0 Å². The van der Waals surface area contributed by atoms with Crippen molar-refractivity contribution in [2.24, 2.45) is 23.3 Å². The molecule has 1 aromatic rings. The van der Waals surface area contributed by atoms with Crippen molar-refractivity contribution in [2.75, 3.05) is 6.54 Å². The topological polar surface area (TPSA) is 118 Å². The van der Waals surface area contributed by atoms with Crippen LogP contribution in [0.5, 0.6) is 0 Å². The number of nitrogens with two attached hydrogens (primary N) is 2. The van der Waals surface area contributed by atoms with Gasteiger partial charge in [0.1, 0.15) is 5.54 Å². The Hall–Kier alpha value is -1.92. The van der Waals surface area contributed by atoms with Crippen LogP contribution in [0.15, 0.2) is 30.3 Å². The summed E-state index contributed by atoms with van der Waals surface area (Å²) in [6.07, 6.45) is 2.49. The molecule has 0 aromatic heterocycles. The minimum atomic E-state index is -1.28. The molecule has 0 aliphatic heterocycles. The zero-order valence-electron chi connectivity index (χ0n) is 14.1. The lowest BCUT2D eigenvalue weighted by atomic mass is 9.69. The number of carboxylic acids is 1. The molecule has 1 saturated carbocycles. The highest BCUT2D eigenvalue weighted by atomic mass is 16.4. The number of amides is 1. The molecule has 1 aliphatic carbocycles. The number of carbonyl (C=O) groups excluding carboxylic acids is 1. The Morgan fingerprint density at radius 2 is 2.00 bits per heavy atom. The van der Waals surface area contributed by atoms with Gasteiger partial charge in [-0.15, -0.1) is 0 Å². The average molecular weight is 333 g/mol. The molecule has 0 spiro atoms. The van der Waals surface area contributed by atoms with E-state index in [1.54, 1.807) is 0 Å². The van der Waals surface area contributed by atoms with Crippen LogP contribution in [-0.2, 0) is 16.0 Å². The van der Waals surface area contributed by atoms with Gasteiger partial charge in [0.2, 0.25) is 5.91 Å². The average Bonchev–Trinajstić information content (AvgIpc) is 2.54. The molecule has 2 rings (SSSR count). The third kappa shape index (κ3) is 4.33. The molecule has 1 aromatic carbocycles. The molecule has 0 unspecified atom stereocenters. The van der Waals surface area contributed by atoms with Crippen LogP contribution >= 0.6 is 0 Å². The van der Waals surface area contributed by atoms with Crippen molar-refractivity contribution in [1.29, 1.82) is 0 Å². The molecule has 132 valence electrons. The molecule has 1 fully saturated rings. The second-order valence-electron chi connectivity index (χ2n) is 6.97. The zero-order valence-corrected chi connectivity index (χ0v) is 14.1. The lowest BCUT2D eigenvalue weighted by molar-refractivity contribution is -0.148. The molecule has 6 heteroatoms. The van der Waals surface area contributed by atoms with E-state index in [1.165, 1.54) is 0 Å². The third-order valence-corrected chi connectivity index (χ3v) is 4.98. The first-order valence-electron chi connectivity index (χ1n) is 8.42. The van der Waals surface area contributed by atoms with Crippen molar-refractivity contribution in [2.45, 2.75) is 44.2 Å². The van der Waals surface area contributed by atoms with Gasteiger partial charge < -0.3 is 21.9 Å². The van der Waals surface area contributed by atoms with Crippen molar-refractivity contribution >= 4 is 11.9 Å². The van der Waals surface area contributed by atoms with E-state index in [0.717, 1.165) is 12.0 Å². The van der Waals surface area contributed by atoms with Crippen molar-refractivity contribution in [1.82, 2.24) is 5.32 Å². The molecule has 0 heterocycles. The molecular weight excluding hydrogens is 306 g/mol. The first-order valence-corrected chi connectivity index (χ1v) is 8.42. The zero-order chi connectivity index (χ0) is 17.7. The maximum Gasteiger partial charge on any atom is 0.324 e. The fourth-order valence-electron chi connectivity index (χ4n) is 3.45. The van der Waals surface area contributed by atoms with Crippen LogP contribution in [0.4, 0.5) is 0 Å². The second kappa shape index (κ2) is 7.77. The molecule has 0 radical (unpaired) electrons. The van der Waals surface area contributed by atoms with Gasteiger partial charge in [-0.3, -0.25) is 9.59 Å². The van der Waals surface area contributed by atoms with Crippen LogP contribution in [0, 0.1) is 11.8 Å². The number of rotatable bonds is 6. The lowest BCUT2D eigenvalue weighted by Crippen LogP contribution is -2.60. The summed E-state index contributed by atoms with van der Waals surface area (Å²) in [5, 5.41) is 12.3. The van der Waals surface area contributed by atoms with Gasteiger partial charge in [-0.05, 0) is 30.7 Å². The summed E-state index contributed by atoms with van der Waals surface area (Å²) in [5.74, 6) is -1.27. The van der Waals surface area contributed by atoms with Crippen LogP contribution in [0.25, 0.3) is 0 Å². The van der Waals surface area contributed by atoms with E-state index in [2.05, 4.69) is 5.32 Å². The van der Waals surface area contributed by atoms with Gasteiger partial charge in [-0.2, -0.15) is 0 Å². The maximum absolute atomic E-state index is 12.2. The Morgan fingerprint density at radius 3 is 2.62 bits per heavy atom. The van der Waals surface area contributed by atoms with E-state index in [-0.39, 0.29) is 24.3 Å². The summed E-state index contributed by atoms with van der Waals surface area (Å²) in [5.41, 5.74) is 11.8. The number of carboxylic acid groups (broad SMARTS) is 1. The third-order valence-electron chi connectivity index (χ3n) is 4.98. The Bertz CT molecular complexity index is 578. The van der Waals surface area contributed by atoms with Crippen LogP contribution in [0.3, 0.4) is 0 Å². The highest BCUT2D eigenvalue weighted by Crippen LogP contribution is 2.35. The van der Waals surface area contributed by atoms with Gasteiger partial charge in [0.25, 0.3) is 0 Å². The summed E-state index contributed by atoms with van der Waals surface area (Å²) in [6, 6.07) is 8.89. The van der Waals surface area contributed by atoms with E-state index >= 15 is 0 Å². The van der Waals surface area contributed by atoms with Crippen molar-refractivity contribution in [3.63, 3.8) is 0 Å². The first kappa shape index (κ1) is 18.4. The number of hydrogen-bond donors (Lipinski definition) is 4. The quantitative estimate of drug-likeness (QED) is 0.616. The Kier molecular flexibility index (Phi) is 5.96. The SMILES string of the molecule is C[C@@H]1CC[C@@H](CNC(=O)[C@@H](N)Cc2ccccc2)[C@@](N)(C(=O)O)C1. The summed E-state index contributed by atoms with van der Waals surface area (Å²) in [4.78, 5) is 23.8. The van der Waals surface area contributed by atoms with Gasteiger partial charge >= 0.3 is 5.97 Å². The second-order valence-corrected chi connectivity index (χ2v) is 6.97. The fraction of sp³-hybridized carbons (Fsp3) is 0.556. The highest BCUT2D eigenvalue weighted by molar-refractivity contribution is 5.82. The van der Waals surface area contributed by atoms with Crippen LogP contribution < -0.4 is 16.8 Å². The molecule has 1 aliphatic rings. The number of hydrogen-bond acceptors (Lipinski definition) is 4. The predicted molar refractivity (Wildman–Crippen MR) is 92.2 cm³/mol. The molecule has 6 N–H and O–H groups in total. The van der Waals surface area contributed by atoms with Gasteiger partial charge in [-0.25, -0.2) is 0 Å². The molecule has 6 nitrogen and oxygen atoms in total. The van der Waals surface area contributed by atoms with E-state index in [0.29, 0.717) is 19.3 Å². The Labute approximate surface area is 142 Å². The van der Waals surface area contributed by atoms with Crippen LogP contribution in [-0.4, -0.2) is 35.1 Å². The number of carbonyl (C=O) groups is 2. The van der Waals surface area contributed by atoms with Crippen LogP contribution in [0.1, 0.15) is 31.7 Å². The molecule has 0 bridgehead atoms. The van der Waals surface area contributed by atoms with E-state index in [4.69, 9.17) is 11.5 Å². The predicted octanol–water partition coefficient (Wildman–Crippen LogP) is 0.891. The van der Waals surface area contributed by atoms with Crippen molar-refractivity contribution in [3.8, 4) is 0 Å². The molecule has 1 amide bonds. The molecule has 24 heavy (non-hydrogen) atoms. The normalized spacial score (nSPS) is 28.1. The molecular formula is C18H27N3O3. The van der Waals surface area contributed by atoms with Gasteiger partial charge in [-0.1, -0.05) is 43.7 Å². The Morgan fingerprint density at radius 1 is 1.33 bits per heavy atom. The number of benzene rings is 1. The minimum Gasteiger partial charge on any atom is -0.480 e. The van der Waals surface area contributed by atoms with Crippen LogP contribution in [0.2, 0.25) is 0 Å². The highest BCUT2D eigenvalue weighted by Gasteiger charge is 2.46. The monoisotopic (exact) mass is 333 g/mol. The minimum absolute atomic E-state index is 0.247. The largest absolute Gasteiger partial charge is 0.480 e. The first-order chi connectivity index (χ1) is 11.3. The van der Waals surface area contributed by atoms with Gasteiger partial charge in [0, 0.05) is 12.5 Å². The number of aliphatic carboxylic acids is 1. The summed E-state index contributed by atoms with van der Waals surface area (Å²) in [6.45, 7) is 2.26. The van der Waals surface area contributed by atoms with E-state index in [1.807, 2.05) is 37.3 Å². The summed E-state index contributed by atoms with van der Waals surface area (Å²) < 4.78 is 0. The van der Waals surface area contributed by atoms with Crippen molar-refractivity contribution < 1.29 is 14.7 Å². The maximum atomic E-state index is 12.2. The van der Waals surface area contributed by atoms with E-state index < -0.39 is 17.6 Å². The van der Waals surface area contributed by atoms with Crippen molar-refractivity contribution in [3.05, 3.63) is 35.9 Å². The smallest absolute Gasteiger partial charge is 0.324 e. The lowest BCUT2D eigenvalue weighted by Gasteiger charge is -2.40. The Balaban J connectivity index is 1.91. The number of nitrogens with one attached hydrogen (secondary N) is 1. The molecule has 4 atom stereocenters. The molecule has 0 saturated heterocycles. The standard InChI is InChI=1S/C18H27N3O3/c1-12-7-8-14(18(20,10-12)17(23)24)11-21-16(22)15(19)9-13-5-3-2-4-6-13/h2-6,12,14-15H,7-11,19-20H2,1H3,(H,21,22)(H,23,24)/t12-,14+,15+,18-/m1/s1. The van der Waals surface area contributed by atoms with E-state index in [9.17, 15) is 14.7 Å². The summed E-state index contributed by atoms with van der Waals surface area (Å²) >= 11 is 0.